The number of piperazine rings is 1. The van der Waals surface area contributed by atoms with E-state index in [2.05, 4.69) is 22.2 Å². The van der Waals surface area contributed by atoms with E-state index < -0.39 is 10.8 Å². The van der Waals surface area contributed by atoms with Gasteiger partial charge in [0.25, 0.3) is 5.91 Å². The summed E-state index contributed by atoms with van der Waals surface area (Å²) < 4.78 is 18.0. The summed E-state index contributed by atoms with van der Waals surface area (Å²) >= 11 is 5.94. The molecule has 28 heavy (non-hydrogen) atoms. The molecule has 1 aliphatic rings. The number of nitrogens with zero attached hydrogens (tertiary/aromatic N) is 2. The van der Waals surface area contributed by atoms with Crippen molar-refractivity contribution in [2.24, 2.45) is 0 Å². The summed E-state index contributed by atoms with van der Waals surface area (Å²) in [7, 11) is 0.863. The molecule has 3 rings (SSSR count). The minimum Gasteiger partial charge on any atom is -0.455 e. The van der Waals surface area contributed by atoms with Gasteiger partial charge in [0.2, 0.25) is 0 Å². The van der Waals surface area contributed by atoms with Gasteiger partial charge in [-0.15, -0.1) is 0 Å². The maximum absolute atomic E-state index is 12.4. The zero-order chi connectivity index (χ0) is 19.9. The van der Waals surface area contributed by atoms with Crippen molar-refractivity contribution in [3.63, 3.8) is 0 Å². The summed E-state index contributed by atoms with van der Waals surface area (Å²) in [5.41, 5.74) is 0. The van der Waals surface area contributed by atoms with Gasteiger partial charge in [0, 0.05) is 42.6 Å². The monoisotopic (exact) mass is 423 g/mol. The predicted octanol–water partition coefficient (Wildman–Crippen LogP) is 2.61. The number of amides is 1. The summed E-state index contributed by atoms with van der Waals surface area (Å²) in [4.78, 5) is 17.6. The number of carbonyl (C=O) groups excluding carboxylic acids is 1. The molecule has 1 atom stereocenters. The van der Waals surface area contributed by atoms with Crippen LogP contribution >= 0.6 is 11.6 Å². The van der Waals surface area contributed by atoms with Crippen LogP contribution in [-0.2, 0) is 16.6 Å². The van der Waals surface area contributed by atoms with E-state index in [0.29, 0.717) is 22.2 Å². The molecule has 1 unspecified atom stereocenters. The van der Waals surface area contributed by atoms with Crippen LogP contribution in [0.25, 0.3) is 0 Å². The van der Waals surface area contributed by atoms with Gasteiger partial charge in [-0.25, -0.2) is 0 Å². The molecule has 1 amide bonds. The molecule has 6 nitrogen and oxygen atoms in total. The SMILES string of the molecule is CN1CCN(CCCNC(=O)c2ccc(CS(=O)c3cccc(Cl)c3)o2)CC1. The van der Waals surface area contributed by atoms with E-state index in [-0.39, 0.29) is 17.4 Å². The first kappa shape index (κ1) is 21.0. The van der Waals surface area contributed by atoms with Crippen molar-refractivity contribution in [3.05, 3.63) is 52.9 Å². The van der Waals surface area contributed by atoms with Crippen molar-refractivity contribution in [3.8, 4) is 0 Å². The Kier molecular flexibility index (Phi) is 7.67. The number of likely N-dealkylation sites (N-methyl/N-ethyl adjacent to an activating group) is 1. The Morgan fingerprint density at radius 1 is 1.21 bits per heavy atom. The van der Waals surface area contributed by atoms with Crippen molar-refractivity contribution >= 4 is 28.3 Å². The molecule has 0 aliphatic carbocycles. The van der Waals surface area contributed by atoms with Crippen LogP contribution < -0.4 is 5.32 Å². The molecule has 1 aromatic carbocycles. The fraction of sp³-hybridized carbons (Fsp3) is 0.450. The normalized spacial score (nSPS) is 16.8. The minimum atomic E-state index is -1.28. The first-order valence-corrected chi connectivity index (χ1v) is 11.1. The third-order valence-electron chi connectivity index (χ3n) is 4.75. The molecule has 1 aromatic heterocycles. The molecule has 0 bridgehead atoms. The summed E-state index contributed by atoms with van der Waals surface area (Å²) in [5.74, 6) is 0.730. The smallest absolute Gasteiger partial charge is 0.286 e. The lowest BCUT2D eigenvalue weighted by atomic mass is 10.3. The lowest BCUT2D eigenvalue weighted by Crippen LogP contribution is -2.45. The van der Waals surface area contributed by atoms with Gasteiger partial charge in [-0.05, 0) is 50.3 Å². The van der Waals surface area contributed by atoms with Gasteiger partial charge in [-0.2, -0.15) is 0 Å². The first-order valence-electron chi connectivity index (χ1n) is 9.43. The van der Waals surface area contributed by atoms with Gasteiger partial charge in [-0.1, -0.05) is 17.7 Å². The average Bonchev–Trinajstić information content (AvgIpc) is 3.15. The summed E-state index contributed by atoms with van der Waals surface area (Å²) in [6.45, 7) is 5.94. The second kappa shape index (κ2) is 10.2. The third kappa shape index (κ3) is 6.17. The number of nitrogens with one attached hydrogen (secondary N) is 1. The second-order valence-corrected chi connectivity index (χ2v) is 8.86. The summed E-state index contributed by atoms with van der Waals surface area (Å²) in [5, 5.41) is 3.43. The summed E-state index contributed by atoms with van der Waals surface area (Å²) in [6.07, 6.45) is 0.905. The molecule has 0 saturated carbocycles. The maximum Gasteiger partial charge on any atom is 0.286 e. The van der Waals surface area contributed by atoms with Gasteiger partial charge in [0.15, 0.2) is 5.76 Å². The molecule has 0 spiro atoms. The Labute approximate surface area is 173 Å². The Bertz CT molecular complexity index is 819. The number of hydrogen-bond acceptors (Lipinski definition) is 5. The van der Waals surface area contributed by atoms with Gasteiger partial charge < -0.3 is 19.5 Å². The van der Waals surface area contributed by atoms with Crippen LogP contribution in [0, 0.1) is 0 Å². The fourth-order valence-corrected chi connectivity index (χ4v) is 4.39. The first-order chi connectivity index (χ1) is 13.5. The van der Waals surface area contributed by atoms with Gasteiger partial charge in [0.1, 0.15) is 5.76 Å². The molecule has 2 heterocycles. The zero-order valence-electron chi connectivity index (χ0n) is 16.0. The zero-order valence-corrected chi connectivity index (χ0v) is 17.6. The van der Waals surface area contributed by atoms with Crippen molar-refractivity contribution in [1.29, 1.82) is 0 Å². The van der Waals surface area contributed by atoms with E-state index in [1.807, 2.05) is 0 Å². The van der Waals surface area contributed by atoms with Gasteiger partial charge >= 0.3 is 0 Å². The number of benzene rings is 1. The maximum atomic E-state index is 12.4. The highest BCUT2D eigenvalue weighted by atomic mass is 35.5. The molecule has 8 heteroatoms. The van der Waals surface area contributed by atoms with Crippen LogP contribution in [0.1, 0.15) is 22.7 Å². The van der Waals surface area contributed by atoms with Crippen LogP contribution in [0.15, 0.2) is 45.7 Å². The number of hydrogen-bond donors (Lipinski definition) is 1. The molecule has 152 valence electrons. The molecule has 0 radical (unpaired) electrons. The molecule has 1 saturated heterocycles. The fourth-order valence-electron chi connectivity index (χ4n) is 3.06. The van der Waals surface area contributed by atoms with Gasteiger partial charge in [-0.3, -0.25) is 9.00 Å². The van der Waals surface area contributed by atoms with E-state index in [4.69, 9.17) is 16.0 Å². The number of furan rings is 1. The largest absolute Gasteiger partial charge is 0.455 e. The standard InChI is InChI=1S/C20H26ClN3O3S/c1-23-10-12-24(13-11-23)9-3-8-22-20(25)19-7-6-17(27-19)15-28(26)18-5-2-4-16(21)14-18/h2,4-7,14H,3,8-13,15H2,1H3,(H,22,25). The molecule has 2 aromatic rings. The Morgan fingerprint density at radius 3 is 2.75 bits per heavy atom. The second-order valence-electron chi connectivity index (χ2n) is 6.97. The number of carbonyl (C=O) groups is 1. The topological polar surface area (TPSA) is 65.8 Å². The quantitative estimate of drug-likeness (QED) is 0.661. The molecule has 1 aliphatic heterocycles. The molecular weight excluding hydrogens is 398 g/mol. The molecular formula is C20H26ClN3O3S. The Hall–Kier alpha value is -1.67. The van der Waals surface area contributed by atoms with E-state index in [0.717, 1.165) is 39.1 Å². The highest BCUT2D eigenvalue weighted by Crippen LogP contribution is 2.18. The van der Waals surface area contributed by atoms with Crippen molar-refractivity contribution in [2.45, 2.75) is 17.1 Å². The van der Waals surface area contributed by atoms with Crippen molar-refractivity contribution in [2.75, 3.05) is 46.3 Å². The van der Waals surface area contributed by atoms with E-state index in [9.17, 15) is 9.00 Å². The van der Waals surface area contributed by atoms with Crippen molar-refractivity contribution < 1.29 is 13.4 Å². The van der Waals surface area contributed by atoms with Crippen LogP contribution in [0.5, 0.6) is 0 Å². The Morgan fingerprint density at radius 2 is 2.00 bits per heavy atom. The number of halogens is 1. The highest BCUT2D eigenvalue weighted by Gasteiger charge is 2.15. The van der Waals surface area contributed by atoms with Crippen LogP contribution in [0.4, 0.5) is 0 Å². The van der Waals surface area contributed by atoms with E-state index in [1.165, 1.54) is 0 Å². The Balaban J connectivity index is 1.41. The highest BCUT2D eigenvalue weighted by molar-refractivity contribution is 7.84. The average molecular weight is 424 g/mol. The van der Waals surface area contributed by atoms with E-state index >= 15 is 0 Å². The minimum absolute atomic E-state index is 0.205. The predicted molar refractivity (Wildman–Crippen MR) is 111 cm³/mol. The lowest BCUT2D eigenvalue weighted by molar-refractivity contribution is 0.0920. The molecule has 1 fully saturated rings. The summed E-state index contributed by atoms with van der Waals surface area (Å²) in [6, 6.07) is 10.3. The third-order valence-corrected chi connectivity index (χ3v) is 6.31. The van der Waals surface area contributed by atoms with E-state index in [1.54, 1.807) is 36.4 Å². The van der Waals surface area contributed by atoms with Gasteiger partial charge in [0.05, 0.1) is 16.6 Å². The van der Waals surface area contributed by atoms with Crippen LogP contribution in [0.2, 0.25) is 5.02 Å². The molecule has 1 N–H and O–H groups in total. The van der Waals surface area contributed by atoms with Crippen LogP contribution in [0.3, 0.4) is 0 Å². The van der Waals surface area contributed by atoms with Crippen molar-refractivity contribution in [1.82, 2.24) is 15.1 Å². The lowest BCUT2D eigenvalue weighted by Gasteiger charge is -2.32. The van der Waals surface area contributed by atoms with Crippen LogP contribution in [-0.4, -0.2) is 66.2 Å². The number of rotatable bonds is 8.